The van der Waals surface area contributed by atoms with E-state index in [0.717, 1.165) is 16.6 Å². The summed E-state index contributed by atoms with van der Waals surface area (Å²) in [6, 6.07) is 16.6. The number of benzene rings is 2. The number of rotatable bonds is 5. The van der Waals surface area contributed by atoms with Gasteiger partial charge in [0.2, 0.25) is 0 Å². The van der Waals surface area contributed by atoms with Gasteiger partial charge in [0.1, 0.15) is 5.56 Å². The molecule has 2 aromatic carbocycles. The number of carbonyl (C=O) groups is 2. The largest absolute Gasteiger partial charge is 0.462 e. The van der Waals surface area contributed by atoms with Gasteiger partial charge in [-0.25, -0.2) is 9.48 Å². The number of anilines is 1. The predicted molar refractivity (Wildman–Crippen MR) is 114 cm³/mol. The van der Waals surface area contributed by atoms with Crippen LogP contribution in [-0.4, -0.2) is 33.2 Å². The highest BCUT2D eigenvalue weighted by atomic mass is 16.5. The molecular formula is C23H20N4O3. The highest BCUT2D eigenvalue weighted by molar-refractivity contribution is 6.05. The fourth-order valence-electron chi connectivity index (χ4n) is 3.18. The lowest BCUT2D eigenvalue weighted by Gasteiger charge is -2.08. The maximum absolute atomic E-state index is 12.6. The molecule has 7 nitrogen and oxygen atoms in total. The predicted octanol–water partition coefficient (Wildman–Crippen LogP) is 4.16. The van der Waals surface area contributed by atoms with Crippen molar-refractivity contribution in [1.29, 1.82) is 0 Å². The summed E-state index contributed by atoms with van der Waals surface area (Å²) in [6.07, 6.45) is 3.12. The fourth-order valence-corrected chi connectivity index (χ4v) is 3.18. The van der Waals surface area contributed by atoms with Crippen LogP contribution in [-0.2, 0) is 4.74 Å². The number of carbonyl (C=O) groups excluding carboxylic acids is 2. The zero-order valence-corrected chi connectivity index (χ0v) is 16.6. The highest BCUT2D eigenvalue weighted by Crippen LogP contribution is 2.19. The van der Waals surface area contributed by atoms with Crippen LogP contribution in [0.3, 0.4) is 0 Å². The number of esters is 1. The molecule has 0 saturated heterocycles. The molecule has 2 aromatic heterocycles. The Labute approximate surface area is 173 Å². The first-order valence-electron chi connectivity index (χ1n) is 9.55. The van der Waals surface area contributed by atoms with Gasteiger partial charge in [0.05, 0.1) is 41.6 Å². The molecule has 0 atom stereocenters. The first-order valence-corrected chi connectivity index (χ1v) is 9.55. The quantitative estimate of drug-likeness (QED) is 0.509. The van der Waals surface area contributed by atoms with E-state index in [4.69, 9.17) is 4.74 Å². The summed E-state index contributed by atoms with van der Waals surface area (Å²) < 4.78 is 6.68. The molecule has 2 heterocycles. The maximum Gasteiger partial charge on any atom is 0.341 e. The molecule has 0 fully saturated rings. The number of hydrogen-bond acceptors (Lipinski definition) is 5. The number of amides is 1. The molecule has 0 aliphatic carbocycles. The van der Waals surface area contributed by atoms with E-state index < -0.39 is 5.97 Å². The van der Waals surface area contributed by atoms with E-state index in [1.165, 1.54) is 6.20 Å². The van der Waals surface area contributed by atoms with Crippen molar-refractivity contribution in [2.24, 2.45) is 0 Å². The third-order valence-electron chi connectivity index (χ3n) is 4.73. The summed E-state index contributed by atoms with van der Waals surface area (Å²) in [7, 11) is 0. The van der Waals surface area contributed by atoms with E-state index in [2.05, 4.69) is 15.4 Å². The molecule has 4 aromatic rings. The molecule has 0 bridgehead atoms. The zero-order valence-electron chi connectivity index (χ0n) is 16.6. The van der Waals surface area contributed by atoms with Gasteiger partial charge in [-0.15, -0.1) is 0 Å². The highest BCUT2D eigenvalue weighted by Gasteiger charge is 2.16. The summed E-state index contributed by atoms with van der Waals surface area (Å²) >= 11 is 0. The first-order chi connectivity index (χ1) is 14.6. The van der Waals surface area contributed by atoms with Crippen molar-refractivity contribution in [3.8, 4) is 5.69 Å². The van der Waals surface area contributed by atoms with Crippen molar-refractivity contribution in [3.63, 3.8) is 0 Å². The van der Waals surface area contributed by atoms with Crippen LogP contribution in [0.4, 0.5) is 5.69 Å². The van der Waals surface area contributed by atoms with Crippen LogP contribution in [0.2, 0.25) is 0 Å². The van der Waals surface area contributed by atoms with E-state index in [9.17, 15) is 9.59 Å². The lowest BCUT2D eigenvalue weighted by atomic mass is 10.1. The van der Waals surface area contributed by atoms with Crippen LogP contribution in [0.5, 0.6) is 0 Å². The molecule has 0 radical (unpaired) electrons. The summed E-state index contributed by atoms with van der Waals surface area (Å²) in [5, 5.41) is 8.09. The van der Waals surface area contributed by atoms with Gasteiger partial charge in [0.15, 0.2) is 0 Å². The second kappa shape index (κ2) is 8.16. The average molecular weight is 400 g/mol. The second-order valence-electron chi connectivity index (χ2n) is 6.69. The minimum Gasteiger partial charge on any atom is -0.462 e. The third-order valence-corrected chi connectivity index (χ3v) is 4.73. The Hall–Kier alpha value is -4.00. The fraction of sp³-hybridized carbons (Fsp3) is 0.130. The van der Waals surface area contributed by atoms with Gasteiger partial charge in [-0.2, -0.15) is 5.10 Å². The van der Waals surface area contributed by atoms with Gasteiger partial charge in [0.25, 0.3) is 5.91 Å². The summed E-state index contributed by atoms with van der Waals surface area (Å²) in [6.45, 7) is 3.86. The number of nitrogens with one attached hydrogen (secondary N) is 1. The third kappa shape index (κ3) is 3.77. The van der Waals surface area contributed by atoms with Gasteiger partial charge in [0, 0.05) is 10.9 Å². The van der Waals surface area contributed by atoms with Crippen LogP contribution >= 0.6 is 0 Å². The minimum atomic E-state index is -0.402. The Morgan fingerprint density at radius 1 is 1.07 bits per heavy atom. The van der Waals surface area contributed by atoms with E-state index >= 15 is 0 Å². The van der Waals surface area contributed by atoms with E-state index in [0.29, 0.717) is 29.1 Å². The second-order valence-corrected chi connectivity index (χ2v) is 6.69. The molecule has 0 saturated carbocycles. The summed E-state index contributed by atoms with van der Waals surface area (Å²) in [4.78, 5) is 28.9. The number of hydrogen-bond donors (Lipinski definition) is 1. The van der Waals surface area contributed by atoms with Crippen LogP contribution in [0.25, 0.3) is 16.6 Å². The number of nitrogens with zero attached hydrogens (tertiary/aromatic N) is 3. The zero-order chi connectivity index (χ0) is 21.1. The monoisotopic (exact) mass is 400 g/mol. The Morgan fingerprint density at radius 2 is 1.83 bits per heavy atom. The van der Waals surface area contributed by atoms with E-state index in [1.807, 2.05) is 30.3 Å². The number of fused-ring (bicyclic) bond motifs is 1. The topological polar surface area (TPSA) is 86.1 Å². The van der Waals surface area contributed by atoms with Crippen LogP contribution < -0.4 is 5.32 Å². The number of aromatic nitrogens is 3. The standard InChI is InChI=1S/C23H20N4O3/c1-3-30-23(29)20-14-25-27(15(20)2)19-10-8-16(9-11-19)22(28)26-18-12-17-6-4-5-7-21(17)24-13-18/h4-14H,3H2,1-2H3,(H,26,28). The Morgan fingerprint density at radius 3 is 2.60 bits per heavy atom. The Kier molecular flexibility index (Phi) is 5.26. The van der Waals surface area contributed by atoms with Crippen molar-refractivity contribution < 1.29 is 14.3 Å². The smallest absolute Gasteiger partial charge is 0.341 e. The molecule has 0 unspecified atom stereocenters. The van der Waals surface area contributed by atoms with Crippen LogP contribution in [0, 0.1) is 6.92 Å². The van der Waals surface area contributed by atoms with Crippen molar-refractivity contribution in [1.82, 2.24) is 14.8 Å². The molecule has 7 heteroatoms. The van der Waals surface area contributed by atoms with Crippen LogP contribution in [0.1, 0.15) is 33.3 Å². The van der Waals surface area contributed by atoms with Crippen molar-refractivity contribution >= 4 is 28.5 Å². The molecule has 30 heavy (non-hydrogen) atoms. The Bertz CT molecular complexity index is 1230. The lowest BCUT2D eigenvalue weighted by Crippen LogP contribution is -2.12. The maximum atomic E-state index is 12.6. The van der Waals surface area contributed by atoms with Crippen molar-refractivity contribution in [3.05, 3.63) is 83.8 Å². The van der Waals surface area contributed by atoms with Gasteiger partial charge in [-0.3, -0.25) is 9.78 Å². The molecule has 0 aliphatic heterocycles. The normalized spacial score (nSPS) is 10.7. The van der Waals surface area contributed by atoms with Crippen LogP contribution in [0.15, 0.2) is 67.0 Å². The van der Waals surface area contributed by atoms with Gasteiger partial charge >= 0.3 is 5.97 Å². The van der Waals surface area contributed by atoms with Crippen molar-refractivity contribution in [2.45, 2.75) is 13.8 Å². The van der Waals surface area contributed by atoms with Gasteiger partial charge in [-0.1, -0.05) is 18.2 Å². The minimum absolute atomic E-state index is 0.233. The molecular weight excluding hydrogens is 380 g/mol. The molecule has 1 N–H and O–H groups in total. The SMILES string of the molecule is CCOC(=O)c1cnn(-c2ccc(C(=O)Nc3cnc4ccccc4c3)cc2)c1C. The number of pyridine rings is 1. The van der Waals surface area contributed by atoms with E-state index in [1.54, 1.807) is 49.0 Å². The average Bonchev–Trinajstić information content (AvgIpc) is 3.15. The molecule has 1 amide bonds. The van der Waals surface area contributed by atoms with E-state index in [-0.39, 0.29) is 5.91 Å². The number of para-hydroxylation sites is 1. The van der Waals surface area contributed by atoms with Gasteiger partial charge < -0.3 is 10.1 Å². The Balaban J connectivity index is 1.51. The molecule has 0 aliphatic rings. The van der Waals surface area contributed by atoms with Crippen molar-refractivity contribution in [2.75, 3.05) is 11.9 Å². The lowest BCUT2D eigenvalue weighted by molar-refractivity contribution is 0.0525. The molecule has 150 valence electrons. The first kappa shape index (κ1) is 19.3. The molecule has 4 rings (SSSR count). The summed E-state index contributed by atoms with van der Waals surface area (Å²) in [5.74, 6) is -0.635. The molecule has 0 spiro atoms. The van der Waals surface area contributed by atoms with Gasteiger partial charge in [-0.05, 0) is 50.2 Å². The summed E-state index contributed by atoms with van der Waals surface area (Å²) in [5.41, 5.74) is 3.84. The number of ether oxygens (including phenoxy) is 1.